The Morgan fingerprint density at radius 2 is 2.05 bits per heavy atom. The Morgan fingerprint density at radius 3 is 2.55 bits per heavy atom. The minimum Gasteiger partial charge on any atom is -0.544 e. The van der Waals surface area contributed by atoms with Crippen LogP contribution in [0.5, 0.6) is 0 Å². The second-order valence-electron chi connectivity index (χ2n) is 7.52. The minimum atomic E-state index is -1.85. The lowest BCUT2D eigenvalue weighted by atomic mass is 9.95. The van der Waals surface area contributed by atoms with Gasteiger partial charge in [0.15, 0.2) is 0 Å². The third-order valence-electron chi connectivity index (χ3n) is 5.00. The molecule has 0 unspecified atom stereocenters. The van der Waals surface area contributed by atoms with Crippen LogP contribution in [0.25, 0.3) is 0 Å². The molecule has 0 amide bonds. The summed E-state index contributed by atoms with van der Waals surface area (Å²) in [7, 11) is -1.85. The molecule has 1 fully saturated rings. The highest BCUT2D eigenvalue weighted by atomic mass is 28.4. The highest BCUT2D eigenvalue weighted by Crippen LogP contribution is 2.43. The van der Waals surface area contributed by atoms with Gasteiger partial charge in [0.05, 0.1) is 11.7 Å². The van der Waals surface area contributed by atoms with Crippen LogP contribution in [-0.2, 0) is 14.0 Å². The number of rotatable bonds is 3. The van der Waals surface area contributed by atoms with E-state index < -0.39 is 8.32 Å². The summed E-state index contributed by atoms with van der Waals surface area (Å²) in [5, 5.41) is 0.157. The lowest BCUT2D eigenvalue weighted by Crippen LogP contribution is -2.40. The van der Waals surface area contributed by atoms with E-state index in [1.807, 2.05) is 6.92 Å². The molecule has 1 saturated heterocycles. The molecule has 112 valence electrons. The van der Waals surface area contributed by atoms with Gasteiger partial charge >= 0.3 is 5.97 Å². The molecule has 0 aromatic carbocycles. The van der Waals surface area contributed by atoms with E-state index in [-0.39, 0.29) is 28.9 Å². The van der Waals surface area contributed by atoms with Gasteiger partial charge in [0.25, 0.3) is 0 Å². The van der Waals surface area contributed by atoms with Crippen molar-refractivity contribution < 1.29 is 14.0 Å². The van der Waals surface area contributed by atoms with Gasteiger partial charge in [-0.1, -0.05) is 40.3 Å². The van der Waals surface area contributed by atoms with E-state index in [1.165, 1.54) is 0 Å². The zero-order valence-corrected chi connectivity index (χ0v) is 14.4. The Morgan fingerprint density at radius 1 is 1.45 bits per heavy atom. The summed E-state index contributed by atoms with van der Waals surface area (Å²) in [6.07, 6.45) is 2.87. The first-order valence-corrected chi connectivity index (χ1v) is 10.2. The van der Waals surface area contributed by atoms with Gasteiger partial charge in [-0.05, 0) is 23.7 Å². The maximum absolute atomic E-state index is 11.5. The maximum atomic E-state index is 11.5. The average Bonchev–Trinajstić information content (AvgIpc) is 2.79. The van der Waals surface area contributed by atoms with Gasteiger partial charge in [-0.25, -0.2) is 0 Å². The number of hydrogen-bond donors (Lipinski definition) is 0. The average molecular weight is 294 g/mol. The third-order valence-corrected chi connectivity index (χ3v) is 9.37. The fourth-order valence-corrected chi connectivity index (χ4v) is 3.55. The van der Waals surface area contributed by atoms with Crippen molar-refractivity contribution in [3.05, 3.63) is 24.0 Å². The largest absolute Gasteiger partial charge is 0.544 e. The lowest BCUT2D eigenvalue weighted by Gasteiger charge is -2.37. The normalized spacial score (nSPS) is 29.8. The van der Waals surface area contributed by atoms with Gasteiger partial charge < -0.3 is 9.16 Å². The number of allylic oxidation sites excluding steroid dienone is 1. The standard InChI is InChI=1S/C16H26O3Si/c1-10-13-8-12(9-14(13)18-15(10)17)11(2)19-20(6,7)16(3,4)5/h8,10,13-14H,2,9H2,1,3-7H3/t10-,13+,14+/m1/s1. The van der Waals surface area contributed by atoms with Crippen LogP contribution in [0, 0.1) is 11.8 Å². The Labute approximate surface area is 123 Å². The van der Waals surface area contributed by atoms with E-state index in [4.69, 9.17) is 9.16 Å². The zero-order valence-electron chi connectivity index (χ0n) is 13.4. The van der Waals surface area contributed by atoms with E-state index in [9.17, 15) is 4.79 Å². The van der Waals surface area contributed by atoms with Crippen molar-refractivity contribution in [3.63, 3.8) is 0 Å². The van der Waals surface area contributed by atoms with E-state index in [2.05, 4.69) is 46.5 Å². The van der Waals surface area contributed by atoms with E-state index in [0.717, 1.165) is 17.8 Å². The molecule has 4 heteroatoms. The number of carbonyl (C=O) groups excluding carboxylic acids is 1. The Balaban J connectivity index is 2.08. The van der Waals surface area contributed by atoms with Crippen LogP contribution in [0.1, 0.15) is 34.1 Å². The molecule has 2 rings (SSSR count). The van der Waals surface area contributed by atoms with Gasteiger partial charge in [0.2, 0.25) is 8.32 Å². The van der Waals surface area contributed by atoms with Crippen molar-refractivity contribution in [1.82, 2.24) is 0 Å². The smallest absolute Gasteiger partial charge is 0.309 e. The third kappa shape index (κ3) is 2.58. The molecule has 3 nitrogen and oxygen atoms in total. The molecule has 0 bridgehead atoms. The molecule has 0 aromatic rings. The summed E-state index contributed by atoms with van der Waals surface area (Å²) in [5.74, 6) is 0.843. The lowest BCUT2D eigenvalue weighted by molar-refractivity contribution is -0.143. The fourth-order valence-electron chi connectivity index (χ4n) is 2.49. The SMILES string of the molecule is C=C(O[Si](C)(C)C(C)(C)C)C1=C[C@@H]2[C@H](C1)OC(=O)[C@@H]2C. The topological polar surface area (TPSA) is 35.5 Å². The van der Waals surface area contributed by atoms with Crippen LogP contribution in [0.2, 0.25) is 18.1 Å². The molecule has 3 atom stereocenters. The number of carbonyl (C=O) groups is 1. The molecule has 1 aliphatic carbocycles. The van der Waals surface area contributed by atoms with Crippen molar-refractivity contribution in [3.8, 4) is 0 Å². The minimum absolute atomic E-state index is 0.00716. The van der Waals surface area contributed by atoms with Crippen molar-refractivity contribution in [1.29, 1.82) is 0 Å². The molecule has 0 spiro atoms. The van der Waals surface area contributed by atoms with Crippen LogP contribution in [0.15, 0.2) is 24.0 Å². The molecule has 0 N–H and O–H groups in total. The Hall–Kier alpha value is -1.03. The summed E-state index contributed by atoms with van der Waals surface area (Å²) >= 11 is 0. The van der Waals surface area contributed by atoms with Crippen LogP contribution in [0.3, 0.4) is 0 Å². The van der Waals surface area contributed by atoms with Crippen molar-refractivity contribution >= 4 is 14.3 Å². The Kier molecular flexibility index (Phi) is 3.65. The fraction of sp³-hybridized carbons (Fsp3) is 0.688. The molecule has 1 heterocycles. The highest BCUT2D eigenvalue weighted by Gasteiger charge is 2.46. The quantitative estimate of drug-likeness (QED) is 0.448. The van der Waals surface area contributed by atoms with E-state index in [1.54, 1.807) is 0 Å². The van der Waals surface area contributed by atoms with Crippen LogP contribution < -0.4 is 0 Å². The van der Waals surface area contributed by atoms with Gasteiger partial charge in [-0.15, -0.1) is 0 Å². The monoisotopic (exact) mass is 294 g/mol. The van der Waals surface area contributed by atoms with Crippen molar-refractivity contribution in [2.24, 2.45) is 11.8 Å². The number of ether oxygens (including phenoxy) is 1. The summed E-state index contributed by atoms with van der Waals surface area (Å²) in [5.41, 5.74) is 1.11. The molecule has 0 radical (unpaired) electrons. The summed E-state index contributed by atoms with van der Waals surface area (Å²) < 4.78 is 11.6. The van der Waals surface area contributed by atoms with E-state index in [0.29, 0.717) is 0 Å². The molecular weight excluding hydrogens is 268 g/mol. The number of esters is 1. The maximum Gasteiger partial charge on any atom is 0.309 e. The highest BCUT2D eigenvalue weighted by molar-refractivity contribution is 6.74. The Bertz CT molecular complexity index is 471. The molecule has 20 heavy (non-hydrogen) atoms. The second-order valence-corrected chi connectivity index (χ2v) is 12.2. The van der Waals surface area contributed by atoms with E-state index >= 15 is 0 Å². The molecular formula is C16H26O3Si. The first-order valence-electron chi connectivity index (χ1n) is 7.32. The van der Waals surface area contributed by atoms with Gasteiger partial charge in [-0.3, -0.25) is 4.79 Å². The molecule has 0 saturated carbocycles. The second kappa shape index (κ2) is 4.76. The molecule has 2 aliphatic rings. The molecule has 1 aliphatic heterocycles. The predicted octanol–water partition coefficient (Wildman–Crippen LogP) is 4.03. The van der Waals surface area contributed by atoms with Crippen molar-refractivity contribution in [2.45, 2.75) is 58.4 Å². The van der Waals surface area contributed by atoms with Crippen LogP contribution in [-0.4, -0.2) is 20.4 Å². The first-order chi connectivity index (χ1) is 9.03. The number of hydrogen-bond acceptors (Lipinski definition) is 3. The van der Waals surface area contributed by atoms with Gasteiger partial charge in [0, 0.05) is 12.3 Å². The zero-order chi connectivity index (χ0) is 15.3. The summed E-state index contributed by atoms with van der Waals surface area (Å²) in [4.78, 5) is 11.5. The van der Waals surface area contributed by atoms with Gasteiger partial charge in [-0.2, -0.15) is 0 Å². The van der Waals surface area contributed by atoms with Crippen LogP contribution in [0.4, 0.5) is 0 Å². The first kappa shape index (κ1) is 15.4. The summed E-state index contributed by atoms with van der Waals surface area (Å²) in [6.45, 7) is 17.1. The number of fused-ring (bicyclic) bond motifs is 1. The van der Waals surface area contributed by atoms with Crippen molar-refractivity contribution in [2.75, 3.05) is 0 Å². The van der Waals surface area contributed by atoms with Gasteiger partial charge in [0.1, 0.15) is 6.10 Å². The molecule has 0 aromatic heterocycles. The predicted molar refractivity (Wildman–Crippen MR) is 82.7 cm³/mol. The van der Waals surface area contributed by atoms with Crippen LogP contribution >= 0.6 is 0 Å². The summed E-state index contributed by atoms with van der Waals surface area (Å²) in [6, 6.07) is 0.